The fraction of sp³-hybridized carbons (Fsp3) is 0.769. The second-order valence-corrected chi connectivity index (χ2v) is 5.13. The standard InChI is InChI=1S/C13H22N2O5/c1-20-11(16)7-6-10(13(18)19)15-12(17)8-2-4-9(14)5-3-8/h8-10H,2-7,14H2,1H3,(H,15,17)(H,18,19)/t8?,9?,10-/m0/s1. The summed E-state index contributed by atoms with van der Waals surface area (Å²) < 4.78 is 4.45. The fourth-order valence-electron chi connectivity index (χ4n) is 2.29. The first-order chi connectivity index (χ1) is 9.43. The molecule has 20 heavy (non-hydrogen) atoms. The lowest BCUT2D eigenvalue weighted by Gasteiger charge is -2.26. The van der Waals surface area contributed by atoms with E-state index in [1.165, 1.54) is 7.11 Å². The molecule has 1 rings (SSSR count). The molecule has 1 aliphatic rings. The number of carbonyl (C=O) groups excluding carboxylic acids is 2. The summed E-state index contributed by atoms with van der Waals surface area (Å²) in [4.78, 5) is 34.1. The Hall–Kier alpha value is -1.63. The molecule has 0 heterocycles. The molecule has 0 aromatic carbocycles. The predicted octanol–water partition coefficient (Wildman–Crippen LogP) is 0.0265. The van der Waals surface area contributed by atoms with Crippen molar-refractivity contribution in [1.29, 1.82) is 0 Å². The monoisotopic (exact) mass is 286 g/mol. The number of carboxylic acids is 1. The summed E-state index contributed by atoms with van der Waals surface area (Å²) in [5.74, 6) is -2.09. The Balaban J connectivity index is 2.46. The van der Waals surface area contributed by atoms with Gasteiger partial charge in [0.25, 0.3) is 0 Å². The minimum atomic E-state index is -1.14. The quantitative estimate of drug-likeness (QED) is 0.593. The highest BCUT2D eigenvalue weighted by Crippen LogP contribution is 2.23. The zero-order valence-electron chi connectivity index (χ0n) is 11.6. The molecule has 4 N–H and O–H groups in total. The number of hydrogen-bond donors (Lipinski definition) is 3. The molecule has 0 spiro atoms. The van der Waals surface area contributed by atoms with E-state index in [1.54, 1.807) is 0 Å². The fourth-order valence-corrected chi connectivity index (χ4v) is 2.29. The number of nitrogens with two attached hydrogens (primary N) is 1. The van der Waals surface area contributed by atoms with Gasteiger partial charge in [0.1, 0.15) is 6.04 Å². The SMILES string of the molecule is COC(=O)CC[C@H](NC(=O)C1CCC(N)CC1)C(=O)O. The van der Waals surface area contributed by atoms with E-state index in [0.717, 1.165) is 12.8 Å². The Morgan fingerprint density at radius 1 is 1.30 bits per heavy atom. The molecule has 0 aromatic rings. The number of methoxy groups -OCH3 is 1. The average Bonchev–Trinajstić information content (AvgIpc) is 2.43. The van der Waals surface area contributed by atoms with Gasteiger partial charge < -0.3 is 20.9 Å². The molecule has 7 nitrogen and oxygen atoms in total. The normalized spacial score (nSPS) is 23.7. The van der Waals surface area contributed by atoms with Gasteiger partial charge in [-0.15, -0.1) is 0 Å². The van der Waals surface area contributed by atoms with Crippen LogP contribution in [0, 0.1) is 5.92 Å². The Morgan fingerprint density at radius 3 is 2.40 bits per heavy atom. The molecule has 1 atom stereocenters. The van der Waals surface area contributed by atoms with Gasteiger partial charge in [0.05, 0.1) is 7.11 Å². The van der Waals surface area contributed by atoms with Gasteiger partial charge in [0, 0.05) is 18.4 Å². The lowest BCUT2D eigenvalue weighted by atomic mass is 9.85. The molecule has 1 saturated carbocycles. The number of amides is 1. The topological polar surface area (TPSA) is 119 Å². The van der Waals surface area contributed by atoms with Crippen LogP contribution in [0.2, 0.25) is 0 Å². The second kappa shape index (κ2) is 7.84. The highest BCUT2D eigenvalue weighted by molar-refractivity contribution is 5.85. The maximum atomic E-state index is 12.0. The molecule has 0 aromatic heterocycles. The third kappa shape index (κ3) is 5.16. The van der Waals surface area contributed by atoms with Crippen molar-refractivity contribution in [3.05, 3.63) is 0 Å². The van der Waals surface area contributed by atoms with Crippen molar-refractivity contribution in [2.45, 2.75) is 50.6 Å². The number of aliphatic carboxylic acids is 1. The van der Waals surface area contributed by atoms with Crippen molar-refractivity contribution >= 4 is 17.8 Å². The molecule has 1 fully saturated rings. The van der Waals surface area contributed by atoms with Crippen LogP contribution in [0.5, 0.6) is 0 Å². The first-order valence-electron chi connectivity index (χ1n) is 6.79. The van der Waals surface area contributed by atoms with Crippen LogP contribution in [-0.4, -0.2) is 42.1 Å². The molecule has 0 aliphatic heterocycles. The lowest BCUT2D eigenvalue weighted by Crippen LogP contribution is -2.45. The first kappa shape index (κ1) is 16.4. The van der Waals surface area contributed by atoms with E-state index in [2.05, 4.69) is 10.1 Å². The van der Waals surface area contributed by atoms with Crippen LogP contribution < -0.4 is 11.1 Å². The number of hydrogen-bond acceptors (Lipinski definition) is 5. The highest BCUT2D eigenvalue weighted by atomic mass is 16.5. The first-order valence-corrected chi connectivity index (χ1v) is 6.79. The van der Waals surface area contributed by atoms with E-state index in [1.807, 2.05) is 0 Å². The Labute approximate surface area is 117 Å². The molecule has 114 valence electrons. The Morgan fingerprint density at radius 2 is 1.90 bits per heavy atom. The van der Waals surface area contributed by atoms with Gasteiger partial charge in [-0.25, -0.2) is 4.79 Å². The molecule has 0 radical (unpaired) electrons. The smallest absolute Gasteiger partial charge is 0.326 e. The van der Waals surface area contributed by atoms with Gasteiger partial charge in [0.15, 0.2) is 0 Å². The van der Waals surface area contributed by atoms with E-state index in [-0.39, 0.29) is 30.7 Å². The van der Waals surface area contributed by atoms with Gasteiger partial charge in [-0.3, -0.25) is 9.59 Å². The number of carbonyl (C=O) groups is 3. The van der Waals surface area contributed by atoms with Crippen LogP contribution in [-0.2, 0) is 19.1 Å². The van der Waals surface area contributed by atoms with Crippen LogP contribution in [0.25, 0.3) is 0 Å². The number of rotatable bonds is 6. The van der Waals surface area contributed by atoms with Gasteiger partial charge in [-0.1, -0.05) is 0 Å². The summed E-state index contributed by atoms with van der Waals surface area (Å²) in [6, 6.07) is -0.925. The van der Waals surface area contributed by atoms with Gasteiger partial charge >= 0.3 is 11.9 Å². The summed E-state index contributed by atoms with van der Waals surface area (Å²) in [6.07, 6.45) is 2.89. The highest BCUT2D eigenvalue weighted by Gasteiger charge is 2.28. The van der Waals surface area contributed by atoms with Crippen molar-refractivity contribution in [3.63, 3.8) is 0 Å². The second-order valence-electron chi connectivity index (χ2n) is 5.13. The average molecular weight is 286 g/mol. The van der Waals surface area contributed by atoms with Gasteiger partial charge in [-0.05, 0) is 32.1 Å². The molecule has 0 saturated heterocycles. The molecular formula is C13H22N2O5. The largest absolute Gasteiger partial charge is 0.480 e. The predicted molar refractivity (Wildman–Crippen MR) is 70.7 cm³/mol. The van der Waals surface area contributed by atoms with Crippen LogP contribution in [0.15, 0.2) is 0 Å². The zero-order chi connectivity index (χ0) is 15.1. The molecular weight excluding hydrogens is 264 g/mol. The van der Waals surface area contributed by atoms with Crippen LogP contribution in [0.1, 0.15) is 38.5 Å². The summed E-state index contributed by atoms with van der Waals surface area (Å²) in [7, 11) is 1.24. The summed E-state index contributed by atoms with van der Waals surface area (Å²) in [5.41, 5.74) is 5.77. The Kier molecular flexibility index (Phi) is 6.44. The van der Waals surface area contributed by atoms with Crippen molar-refractivity contribution in [2.75, 3.05) is 7.11 Å². The molecule has 0 unspecified atom stereocenters. The Bertz CT molecular complexity index is 364. The summed E-state index contributed by atoms with van der Waals surface area (Å²) >= 11 is 0. The maximum absolute atomic E-state index is 12.0. The van der Waals surface area contributed by atoms with E-state index in [0.29, 0.717) is 12.8 Å². The third-order valence-electron chi connectivity index (χ3n) is 3.62. The van der Waals surface area contributed by atoms with E-state index in [4.69, 9.17) is 10.8 Å². The third-order valence-corrected chi connectivity index (χ3v) is 3.62. The van der Waals surface area contributed by atoms with Crippen molar-refractivity contribution in [1.82, 2.24) is 5.32 Å². The number of nitrogens with one attached hydrogen (secondary N) is 1. The molecule has 1 amide bonds. The van der Waals surface area contributed by atoms with E-state index < -0.39 is 18.0 Å². The van der Waals surface area contributed by atoms with Crippen molar-refractivity contribution in [2.24, 2.45) is 11.7 Å². The zero-order valence-corrected chi connectivity index (χ0v) is 11.6. The molecule has 1 aliphatic carbocycles. The van der Waals surface area contributed by atoms with Gasteiger partial charge in [-0.2, -0.15) is 0 Å². The van der Waals surface area contributed by atoms with Gasteiger partial charge in [0.2, 0.25) is 5.91 Å². The molecule has 7 heteroatoms. The van der Waals surface area contributed by atoms with Crippen LogP contribution in [0.4, 0.5) is 0 Å². The summed E-state index contributed by atoms with van der Waals surface area (Å²) in [6.45, 7) is 0. The maximum Gasteiger partial charge on any atom is 0.326 e. The van der Waals surface area contributed by atoms with Crippen molar-refractivity contribution < 1.29 is 24.2 Å². The summed E-state index contributed by atoms with van der Waals surface area (Å²) in [5, 5.41) is 11.6. The van der Waals surface area contributed by atoms with E-state index >= 15 is 0 Å². The van der Waals surface area contributed by atoms with E-state index in [9.17, 15) is 14.4 Å². The number of esters is 1. The van der Waals surface area contributed by atoms with Crippen LogP contribution in [0.3, 0.4) is 0 Å². The lowest BCUT2D eigenvalue weighted by molar-refractivity contribution is -0.144. The minimum absolute atomic E-state index is 0.0278. The van der Waals surface area contributed by atoms with Crippen LogP contribution >= 0.6 is 0 Å². The number of carboxylic acid groups (broad SMARTS) is 1. The minimum Gasteiger partial charge on any atom is -0.480 e. The van der Waals surface area contributed by atoms with Crippen molar-refractivity contribution in [3.8, 4) is 0 Å². The molecule has 0 bridgehead atoms. The number of ether oxygens (including phenoxy) is 1.